The molecular weight excluding hydrogens is 455 g/mol. The number of halogens is 2. The first-order valence-corrected chi connectivity index (χ1v) is 11.8. The van der Waals surface area contributed by atoms with Gasteiger partial charge in [-0.3, -0.25) is 4.79 Å². The number of amides is 1. The molecule has 0 aromatic heterocycles. The number of fused-ring (bicyclic) bond motifs is 1. The Morgan fingerprint density at radius 1 is 0.970 bits per heavy atom. The number of carbonyl (C=O) groups excluding carboxylic acids is 1. The average molecular weight is 483 g/mol. The van der Waals surface area contributed by atoms with Crippen LogP contribution in [0.1, 0.15) is 35.4 Å². The van der Waals surface area contributed by atoms with E-state index in [9.17, 15) is 4.79 Å². The summed E-state index contributed by atoms with van der Waals surface area (Å²) < 4.78 is 5.45. The van der Waals surface area contributed by atoms with Gasteiger partial charge in [-0.15, -0.1) is 0 Å². The third-order valence-electron chi connectivity index (χ3n) is 6.24. The molecular formula is C27H28Cl2N2O2. The molecule has 0 heterocycles. The van der Waals surface area contributed by atoms with Crippen LogP contribution in [0.5, 0.6) is 5.75 Å². The molecule has 0 spiro atoms. The largest absolute Gasteiger partial charge is 0.497 e. The van der Waals surface area contributed by atoms with Gasteiger partial charge in [0.2, 0.25) is 5.91 Å². The maximum atomic E-state index is 14.0. The van der Waals surface area contributed by atoms with Crippen molar-refractivity contribution in [3.8, 4) is 5.75 Å². The summed E-state index contributed by atoms with van der Waals surface area (Å²) in [4.78, 5) is 17.9. The third kappa shape index (κ3) is 5.13. The highest BCUT2D eigenvalue weighted by molar-refractivity contribution is 6.42. The van der Waals surface area contributed by atoms with Gasteiger partial charge in [0.25, 0.3) is 0 Å². The van der Waals surface area contributed by atoms with Crippen LogP contribution in [-0.4, -0.2) is 27.1 Å². The first-order valence-electron chi connectivity index (χ1n) is 11.1. The monoisotopic (exact) mass is 482 g/mol. The van der Waals surface area contributed by atoms with Crippen LogP contribution < -0.4 is 14.5 Å². The Bertz CT molecular complexity index is 1150. The first kappa shape index (κ1) is 23.5. The number of hydrogen-bond donors (Lipinski definition) is 0. The van der Waals surface area contributed by atoms with Gasteiger partial charge >= 0.3 is 0 Å². The molecule has 6 heteroatoms. The van der Waals surface area contributed by atoms with Crippen LogP contribution in [0.3, 0.4) is 0 Å². The second-order valence-electron chi connectivity index (χ2n) is 8.59. The van der Waals surface area contributed by atoms with E-state index in [-0.39, 0.29) is 11.8 Å². The summed E-state index contributed by atoms with van der Waals surface area (Å²) in [6.07, 6.45) is 2.75. The second kappa shape index (κ2) is 10.1. The molecule has 0 saturated heterocycles. The van der Waals surface area contributed by atoms with E-state index in [4.69, 9.17) is 27.9 Å². The van der Waals surface area contributed by atoms with Crippen molar-refractivity contribution in [1.29, 1.82) is 0 Å². The maximum absolute atomic E-state index is 14.0. The quantitative estimate of drug-likeness (QED) is 0.390. The molecule has 1 atom stereocenters. The molecule has 33 heavy (non-hydrogen) atoms. The molecule has 172 valence electrons. The summed E-state index contributed by atoms with van der Waals surface area (Å²) >= 11 is 12.5. The van der Waals surface area contributed by atoms with Gasteiger partial charge in [-0.1, -0.05) is 41.4 Å². The Labute approximate surface area is 205 Å². The molecule has 1 aliphatic carbocycles. The Kier molecular flexibility index (Phi) is 7.16. The molecule has 1 aliphatic rings. The Hall–Kier alpha value is -2.69. The van der Waals surface area contributed by atoms with Crippen molar-refractivity contribution in [2.45, 2.75) is 31.7 Å². The first-order chi connectivity index (χ1) is 15.9. The second-order valence-corrected chi connectivity index (χ2v) is 9.41. The summed E-state index contributed by atoms with van der Waals surface area (Å²) in [7, 11) is 5.67. The predicted octanol–water partition coefficient (Wildman–Crippen LogP) is 6.72. The highest BCUT2D eigenvalue weighted by Gasteiger charge is 2.31. The van der Waals surface area contributed by atoms with Crippen LogP contribution in [0.4, 0.5) is 11.4 Å². The minimum atomic E-state index is -0.237. The van der Waals surface area contributed by atoms with Gasteiger partial charge in [0.05, 0.1) is 29.6 Å². The zero-order valence-electron chi connectivity index (χ0n) is 19.1. The Morgan fingerprint density at radius 3 is 2.36 bits per heavy atom. The SMILES string of the molecule is COc1ccc2c(c1)C(C(=O)N(Cc1ccc(N(C)C)cc1)c1ccc(Cl)c(Cl)c1)CCC2. The number of hydrogen-bond acceptors (Lipinski definition) is 3. The summed E-state index contributed by atoms with van der Waals surface area (Å²) in [5.74, 6) is 0.590. The molecule has 4 rings (SSSR count). The fraction of sp³-hybridized carbons (Fsp3) is 0.296. The minimum Gasteiger partial charge on any atom is -0.497 e. The zero-order valence-corrected chi connectivity index (χ0v) is 20.7. The molecule has 0 radical (unpaired) electrons. The van der Waals surface area contributed by atoms with Crippen molar-refractivity contribution < 1.29 is 9.53 Å². The molecule has 0 fully saturated rings. The number of methoxy groups -OCH3 is 1. The number of rotatable bonds is 6. The van der Waals surface area contributed by atoms with E-state index in [1.54, 1.807) is 19.2 Å². The van der Waals surface area contributed by atoms with E-state index >= 15 is 0 Å². The van der Waals surface area contributed by atoms with E-state index in [2.05, 4.69) is 35.2 Å². The van der Waals surface area contributed by atoms with Gasteiger partial charge in [-0.25, -0.2) is 0 Å². The van der Waals surface area contributed by atoms with E-state index in [1.165, 1.54) is 5.56 Å². The van der Waals surface area contributed by atoms with Crippen molar-refractivity contribution in [2.75, 3.05) is 31.0 Å². The number of anilines is 2. The summed E-state index contributed by atoms with van der Waals surface area (Å²) in [5, 5.41) is 0.900. The lowest BCUT2D eigenvalue weighted by atomic mass is 9.81. The smallest absolute Gasteiger partial charge is 0.234 e. The minimum absolute atomic E-state index is 0.0549. The molecule has 0 saturated carbocycles. The summed E-state index contributed by atoms with van der Waals surface area (Å²) in [6.45, 7) is 0.445. The van der Waals surface area contributed by atoms with Crippen molar-refractivity contribution in [3.05, 3.63) is 87.4 Å². The number of benzene rings is 3. The van der Waals surface area contributed by atoms with Gasteiger partial charge in [0, 0.05) is 25.5 Å². The van der Waals surface area contributed by atoms with Crippen LogP contribution in [0, 0.1) is 0 Å². The lowest BCUT2D eigenvalue weighted by Crippen LogP contribution is -2.36. The van der Waals surface area contributed by atoms with Gasteiger partial charge in [-0.05, 0) is 78.4 Å². The number of nitrogens with zero attached hydrogens (tertiary/aromatic N) is 2. The molecule has 0 N–H and O–H groups in total. The predicted molar refractivity (Wildman–Crippen MR) is 137 cm³/mol. The standard InChI is InChI=1S/C27H28Cl2N2O2/c1-30(2)20-10-7-18(8-11-20)17-31(21-12-14-25(28)26(29)15-21)27(32)23-6-4-5-19-9-13-22(33-3)16-24(19)23/h7-16,23H,4-6,17H2,1-3H3. The zero-order chi connectivity index (χ0) is 23.5. The van der Waals surface area contributed by atoms with Crippen molar-refractivity contribution in [3.63, 3.8) is 0 Å². The number of ether oxygens (including phenoxy) is 1. The molecule has 0 bridgehead atoms. The topological polar surface area (TPSA) is 32.8 Å². The summed E-state index contributed by atoms with van der Waals surface area (Å²) in [6, 6.07) is 19.7. The highest BCUT2D eigenvalue weighted by atomic mass is 35.5. The van der Waals surface area contributed by atoms with Gasteiger partial charge in [-0.2, -0.15) is 0 Å². The lowest BCUT2D eigenvalue weighted by Gasteiger charge is -2.31. The van der Waals surface area contributed by atoms with Crippen molar-refractivity contribution in [1.82, 2.24) is 0 Å². The molecule has 3 aromatic carbocycles. The van der Waals surface area contributed by atoms with E-state index < -0.39 is 0 Å². The van der Waals surface area contributed by atoms with E-state index in [1.807, 2.05) is 37.2 Å². The van der Waals surface area contributed by atoms with Crippen molar-refractivity contribution >= 4 is 40.5 Å². The Balaban J connectivity index is 1.72. The normalized spacial score (nSPS) is 15.0. The molecule has 3 aromatic rings. The van der Waals surface area contributed by atoms with Crippen LogP contribution in [-0.2, 0) is 17.8 Å². The fourth-order valence-electron chi connectivity index (χ4n) is 4.38. The molecule has 1 amide bonds. The Morgan fingerprint density at radius 2 is 1.70 bits per heavy atom. The van der Waals surface area contributed by atoms with E-state index in [0.717, 1.165) is 47.5 Å². The lowest BCUT2D eigenvalue weighted by molar-refractivity contribution is -0.120. The van der Waals surface area contributed by atoms with Crippen molar-refractivity contribution in [2.24, 2.45) is 0 Å². The molecule has 0 aliphatic heterocycles. The van der Waals surface area contributed by atoms with Gasteiger partial charge in [0.1, 0.15) is 5.75 Å². The number of aryl methyl sites for hydroxylation is 1. The van der Waals surface area contributed by atoms with Crippen LogP contribution in [0.2, 0.25) is 10.0 Å². The third-order valence-corrected chi connectivity index (χ3v) is 6.98. The maximum Gasteiger partial charge on any atom is 0.234 e. The van der Waals surface area contributed by atoms with Gasteiger partial charge in [0.15, 0.2) is 0 Å². The number of carbonyl (C=O) groups is 1. The summed E-state index contributed by atoms with van der Waals surface area (Å²) in [5.41, 5.74) is 5.16. The van der Waals surface area contributed by atoms with Crippen LogP contribution in [0.25, 0.3) is 0 Å². The highest BCUT2D eigenvalue weighted by Crippen LogP contribution is 2.37. The fourth-order valence-corrected chi connectivity index (χ4v) is 4.67. The average Bonchev–Trinajstić information content (AvgIpc) is 2.83. The van der Waals surface area contributed by atoms with E-state index in [0.29, 0.717) is 16.6 Å². The van der Waals surface area contributed by atoms with Crippen LogP contribution in [0.15, 0.2) is 60.7 Å². The van der Waals surface area contributed by atoms with Gasteiger partial charge < -0.3 is 14.5 Å². The molecule has 4 nitrogen and oxygen atoms in total. The van der Waals surface area contributed by atoms with Crippen LogP contribution >= 0.6 is 23.2 Å². The molecule has 1 unspecified atom stereocenters.